The van der Waals surface area contributed by atoms with Crippen LogP contribution in [-0.4, -0.2) is 50.4 Å². The summed E-state index contributed by atoms with van der Waals surface area (Å²) in [4.78, 5) is 23.7. The highest BCUT2D eigenvalue weighted by Crippen LogP contribution is 2.22. The number of carbonyl (C=O) groups excluding carboxylic acids is 2. The molecule has 2 amide bonds. The number of nitrogens with one attached hydrogen (secondary N) is 2. The Hall–Kier alpha value is -1.93. The largest absolute Gasteiger partial charge is 0.355 e. The van der Waals surface area contributed by atoms with Crippen LogP contribution in [0, 0.1) is 0 Å². The van der Waals surface area contributed by atoms with Crippen molar-refractivity contribution in [2.75, 3.05) is 25.2 Å². The van der Waals surface area contributed by atoms with Crippen molar-refractivity contribution in [3.8, 4) is 0 Å². The maximum Gasteiger partial charge on any atom is 0.251 e. The van der Waals surface area contributed by atoms with Gasteiger partial charge in [-0.25, -0.2) is 8.42 Å². The Morgan fingerprint density at radius 1 is 1.23 bits per heavy atom. The summed E-state index contributed by atoms with van der Waals surface area (Å²) in [5.74, 6) is -0.562. The van der Waals surface area contributed by atoms with Crippen molar-refractivity contribution in [3.63, 3.8) is 0 Å². The molecule has 7 nitrogen and oxygen atoms in total. The van der Waals surface area contributed by atoms with Crippen molar-refractivity contribution in [1.82, 2.24) is 9.62 Å². The van der Waals surface area contributed by atoms with Crippen molar-refractivity contribution in [3.05, 3.63) is 29.8 Å². The zero-order valence-electron chi connectivity index (χ0n) is 12.5. The zero-order chi connectivity index (χ0) is 16.3. The van der Waals surface area contributed by atoms with Crippen molar-refractivity contribution >= 4 is 27.5 Å². The fourth-order valence-corrected chi connectivity index (χ4v) is 3.60. The molecule has 120 valence electrons. The van der Waals surface area contributed by atoms with E-state index in [0.29, 0.717) is 30.6 Å². The molecule has 0 saturated carbocycles. The van der Waals surface area contributed by atoms with Gasteiger partial charge in [-0.15, -0.1) is 0 Å². The van der Waals surface area contributed by atoms with Crippen LogP contribution >= 0.6 is 0 Å². The van der Waals surface area contributed by atoms with Gasteiger partial charge in [-0.1, -0.05) is 0 Å². The first kappa shape index (κ1) is 16.4. The van der Waals surface area contributed by atoms with Crippen LogP contribution in [0.4, 0.5) is 5.69 Å². The molecule has 0 spiro atoms. The van der Waals surface area contributed by atoms with Crippen molar-refractivity contribution in [2.45, 2.75) is 18.9 Å². The molecular weight excluding hydrogens is 306 g/mol. The summed E-state index contributed by atoms with van der Waals surface area (Å²) >= 11 is 0. The van der Waals surface area contributed by atoms with Gasteiger partial charge in [-0.05, 0) is 37.1 Å². The van der Waals surface area contributed by atoms with E-state index in [2.05, 4.69) is 10.6 Å². The molecular formula is C14H19N3O4S. The highest BCUT2D eigenvalue weighted by molar-refractivity contribution is 7.88. The number of anilines is 1. The van der Waals surface area contributed by atoms with E-state index in [1.807, 2.05) is 0 Å². The molecule has 1 fully saturated rings. The molecule has 22 heavy (non-hydrogen) atoms. The molecule has 2 N–H and O–H groups in total. The lowest BCUT2D eigenvalue weighted by Gasteiger charge is -2.21. The van der Waals surface area contributed by atoms with Crippen molar-refractivity contribution in [2.24, 2.45) is 0 Å². The van der Waals surface area contributed by atoms with Crippen LogP contribution in [0.3, 0.4) is 0 Å². The zero-order valence-corrected chi connectivity index (χ0v) is 13.3. The maximum atomic E-state index is 12.3. The molecule has 2 rings (SSSR count). The summed E-state index contributed by atoms with van der Waals surface area (Å²) in [6.45, 7) is 0.368. The minimum absolute atomic E-state index is 0.211. The van der Waals surface area contributed by atoms with Crippen LogP contribution in [0.15, 0.2) is 24.3 Å². The fraction of sp³-hybridized carbons (Fsp3) is 0.429. The SMILES string of the molecule is CNC(=O)c1ccc(NC(=O)C2CCCN2S(C)(=O)=O)cc1. The van der Waals surface area contributed by atoms with Crippen LogP contribution in [0.1, 0.15) is 23.2 Å². The van der Waals surface area contributed by atoms with Gasteiger partial charge in [0, 0.05) is 24.8 Å². The lowest BCUT2D eigenvalue weighted by molar-refractivity contribution is -0.119. The molecule has 0 aromatic heterocycles. The second-order valence-electron chi connectivity index (χ2n) is 5.18. The normalized spacial score (nSPS) is 18.9. The predicted molar refractivity (Wildman–Crippen MR) is 83.0 cm³/mol. The number of hydrogen-bond acceptors (Lipinski definition) is 4. The van der Waals surface area contributed by atoms with E-state index in [1.54, 1.807) is 24.3 Å². The van der Waals surface area contributed by atoms with Gasteiger partial charge in [-0.3, -0.25) is 9.59 Å². The topological polar surface area (TPSA) is 95.6 Å². The second kappa shape index (κ2) is 6.45. The minimum atomic E-state index is -3.39. The molecule has 1 unspecified atom stereocenters. The van der Waals surface area contributed by atoms with Crippen LogP contribution in [0.5, 0.6) is 0 Å². The maximum absolute atomic E-state index is 12.3. The van der Waals surface area contributed by atoms with E-state index in [0.717, 1.165) is 6.26 Å². The fourth-order valence-electron chi connectivity index (χ4n) is 2.47. The summed E-state index contributed by atoms with van der Waals surface area (Å²) < 4.78 is 24.5. The number of carbonyl (C=O) groups is 2. The summed E-state index contributed by atoms with van der Waals surface area (Å²) in [5.41, 5.74) is 1.01. The van der Waals surface area contributed by atoms with Crippen LogP contribution in [0.25, 0.3) is 0 Å². The van der Waals surface area contributed by atoms with Gasteiger partial charge in [0.25, 0.3) is 5.91 Å². The highest BCUT2D eigenvalue weighted by Gasteiger charge is 2.36. The number of hydrogen-bond donors (Lipinski definition) is 2. The van der Waals surface area contributed by atoms with Crippen LogP contribution in [0.2, 0.25) is 0 Å². The number of amides is 2. The summed E-state index contributed by atoms with van der Waals surface area (Å²) in [7, 11) is -1.85. The monoisotopic (exact) mass is 325 g/mol. The van der Waals surface area contributed by atoms with E-state index in [1.165, 1.54) is 11.4 Å². The summed E-state index contributed by atoms with van der Waals surface area (Å²) in [6.07, 6.45) is 2.28. The molecule has 1 aliphatic rings. The molecule has 1 atom stereocenters. The predicted octanol–water partition coefficient (Wildman–Crippen LogP) is 0.409. The quantitative estimate of drug-likeness (QED) is 0.838. The standard InChI is InChI=1S/C14H19N3O4S/c1-15-13(18)10-5-7-11(8-6-10)16-14(19)12-4-3-9-17(12)22(2,20)21/h5-8,12H,3-4,9H2,1-2H3,(H,15,18)(H,16,19). The van der Waals surface area contributed by atoms with E-state index >= 15 is 0 Å². The Labute approximate surface area is 129 Å². The van der Waals surface area contributed by atoms with E-state index in [-0.39, 0.29) is 11.8 Å². The van der Waals surface area contributed by atoms with Crippen LogP contribution in [-0.2, 0) is 14.8 Å². The van der Waals surface area contributed by atoms with Gasteiger partial charge >= 0.3 is 0 Å². The Kier molecular flexibility index (Phi) is 4.82. The first-order chi connectivity index (χ1) is 10.3. The Morgan fingerprint density at radius 3 is 2.41 bits per heavy atom. The number of nitrogens with zero attached hydrogens (tertiary/aromatic N) is 1. The third kappa shape index (κ3) is 3.63. The molecule has 1 heterocycles. The molecule has 1 aromatic carbocycles. The lowest BCUT2D eigenvalue weighted by Crippen LogP contribution is -2.42. The van der Waals surface area contributed by atoms with Gasteiger partial charge in [-0.2, -0.15) is 4.31 Å². The third-order valence-corrected chi connectivity index (χ3v) is 4.86. The second-order valence-corrected chi connectivity index (χ2v) is 7.11. The average Bonchev–Trinajstić information content (AvgIpc) is 2.97. The molecule has 0 radical (unpaired) electrons. The van der Waals surface area contributed by atoms with E-state index in [4.69, 9.17) is 0 Å². The van der Waals surface area contributed by atoms with Gasteiger partial charge in [0.05, 0.1) is 6.26 Å². The molecule has 0 bridgehead atoms. The van der Waals surface area contributed by atoms with Gasteiger partial charge in [0.2, 0.25) is 15.9 Å². The molecule has 8 heteroatoms. The number of benzene rings is 1. The third-order valence-electron chi connectivity index (χ3n) is 3.57. The summed E-state index contributed by atoms with van der Waals surface area (Å²) in [6, 6.07) is 5.74. The molecule has 1 aliphatic heterocycles. The van der Waals surface area contributed by atoms with Gasteiger partial charge in [0.15, 0.2) is 0 Å². The van der Waals surface area contributed by atoms with E-state index < -0.39 is 16.1 Å². The first-order valence-electron chi connectivity index (χ1n) is 6.93. The van der Waals surface area contributed by atoms with E-state index in [9.17, 15) is 18.0 Å². The highest BCUT2D eigenvalue weighted by atomic mass is 32.2. The Bertz CT molecular complexity index is 670. The van der Waals surface area contributed by atoms with Crippen molar-refractivity contribution < 1.29 is 18.0 Å². The summed E-state index contributed by atoms with van der Waals surface area (Å²) in [5, 5.41) is 5.20. The smallest absolute Gasteiger partial charge is 0.251 e. The average molecular weight is 325 g/mol. The number of rotatable bonds is 4. The van der Waals surface area contributed by atoms with Gasteiger partial charge < -0.3 is 10.6 Å². The lowest BCUT2D eigenvalue weighted by atomic mass is 10.1. The number of sulfonamides is 1. The Balaban J connectivity index is 2.07. The van der Waals surface area contributed by atoms with Crippen molar-refractivity contribution in [1.29, 1.82) is 0 Å². The molecule has 1 saturated heterocycles. The molecule has 1 aromatic rings. The Morgan fingerprint density at radius 2 is 1.86 bits per heavy atom. The van der Waals surface area contributed by atoms with Gasteiger partial charge in [0.1, 0.15) is 6.04 Å². The minimum Gasteiger partial charge on any atom is -0.355 e. The molecule has 0 aliphatic carbocycles. The first-order valence-corrected chi connectivity index (χ1v) is 8.77. The van der Waals surface area contributed by atoms with Crippen LogP contribution < -0.4 is 10.6 Å².